The average Bonchev–Trinajstić information content (AvgIpc) is 3.59. The molecule has 0 saturated carbocycles. The third-order valence-electron chi connectivity index (χ3n) is 6.97. The molecule has 0 spiro atoms. The van der Waals surface area contributed by atoms with Gasteiger partial charge >= 0.3 is 0 Å². The molecule has 0 fully saturated rings. The van der Waals surface area contributed by atoms with Crippen LogP contribution in [-0.2, 0) is 22.8 Å². The summed E-state index contributed by atoms with van der Waals surface area (Å²) in [7, 11) is -3.22. The van der Waals surface area contributed by atoms with E-state index in [9.17, 15) is 12.8 Å². The number of benzene rings is 2. The predicted octanol–water partition coefficient (Wildman–Crippen LogP) is 5.21. The number of nitrogens with one attached hydrogen (secondary N) is 3. The molecule has 0 amide bonds. The highest BCUT2D eigenvalue weighted by Gasteiger charge is 2.21. The van der Waals surface area contributed by atoms with E-state index in [0.29, 0.717) is 56.9 Å². The van der Waals surface area contributed by atoms with Gasteiger partial charge in [-0.15, -0.1) is 0 Å². The van der Waals surface area contributed by atoms with Gasteiger partial charge in [0.15, 0.2) is 5.82 Å². The minimum atomic E-state index is -3.22. The van der Waals surface area contributed by atoms with Gasteiger partial charge < -0.3 is 10.3 Å². The lowest BCUT2D eigenvalue weighted by molar-refractivity contribution is 0.600. The van der Waals surface area contributed by atoms with Crippen LogP contribution in [0.3, 0.4) is 0 Å². The zero-order valence-corrected chi connectivity index (χ0v) is 23.7. The third-order valence-corrected chi connectivity index (χ3v) is 7.92. The Hall–Kier alpha value is -4.55. The molecule has 0 saturated heterocycles. The van der Waals surface area contributed by atoms with Gasteiger partial charge in [-0.1, -0.05) is 6.92 Å². The molecule has 0 bridgehead atoms. The van der Waals surface area contributed by atoms with Crippen LogP contribution in [0.25, 0.3) is 55.8 Å². The number of hydrogen-bond acceptors (Lipinski definition) is 7. The van der Waals surface area contributed by atoms with E-state index in [-0.39, 0.29) is 23.3 Å². The fourth-order valence-electron chi connectivity index (χ4n) is 4.96. The van der Waals surface area contributed by atoms with E-state index in [2.05, 4.69) is 30.5 Å². The number of rotatable bonds is 9. The van der Waals surface area contributed by atoms with Crippen molar-refractivity contribution in [2.75, 3.05) is 18.6 Å². The number of aromatic amines is 2. The van der Waals surface area contributed by atoms with Gasteiger partial charge in [0.1, 0.15) is 32.7 Å². The Labute approximate surface area is 240 Å². The van der Waals surface area contributed by atoms with Crippen LogP contribution in [0.5, 0.6) is 0 Å². The van der Waals surface area contributed by atoms with E-state index in [0.717, 1.165) is 18.4 Å². The van der Waals surface area contributed by atoms with Crippen LogP contribution < -0.4 is 5.32 Å². The molecule has 4 heterocycles. The summed E-state index contributed by atoms with van der Waals surface area (Å²) in [5.41, 5.74) is 5.19. The van der Waals surface area contributed by atoms with E-state index in [1.165, 1.54) is 12.1 Å². The number of halogens is 2. The van der Waals surface area contributed by atoms with Gasteiger partial charge in [0.25, 0.3) is 0 Å². The highest BCUT2D eigenvalue weighted by Crippen LogP contribution is 2.35. The van der Waals surface area contributed by atoms with E-state index >= 15 is 4.39 Å². The Kier molecular flexibility index (Phi) is 7.25. The molecule has 214 valence electrons. The average molecular weight is 588 g/mol. The normalized spacial score (nSPS) is 12.0. The molecule has 6 aromatic rings. The predicted molar refractivity (Wildman–Crippen MR) is 158 cm³/mol. The monoisotopic (exact) mass is 587 g/mol. The molecule has 0 aliphatic carbocycles. The molecule has 3 N–H and O–H groups in total. The van der Waals surface area contributed by atoms with Crippen molar-refractivity contribution in [3.63, 3.8) is 0 Å². The van der Waals surface area contributed by atoms with Crippen LogP contribution in [0.1, 0.15) is 18.1 Å². The van der Waals surface area contributed by atoms with Gasteiger partial charge in [0.05, 0.1) is 27.9 Å². The lowest BCUT2D eigenvalue weighted by Crippen LogP contribution is -2.11. The van der Waals surface area contributed by atoms with Crippen LogP contribution >= 0.6 is 0 Å². The smallest absolute Gasteiger partial charge is 0.159 e. The summed E-state index contributed by atoms with van der Waals surface area (Å²) in [5.74, 6) is -0.759. The number of aryl methyl sites for hydroxylation is 1. The van der Waals surface area contributed by atoms with Gasteiger partial charge in [0, 0.05) is 48.1 Å². The van der Waals surface area contributed by atoms with Crippen LogP contribution in [0.4, 0.5) is 8.78 Å². The first-order chi connectivity index (χ1) is 20.2. The van der Waals surface area contributed by atoms with E-state index in [1.54, 1.807) is 42.9 Å². The fourth-order valence-corrected chi connectivity index (χ4v) is 5.57. The summed E-state index contributed by atoms with van der Waals surface area (Å²) >= 11 is 0. The van der Waals surface area contributed by atoms with E-state index in [4.69, 9.17) is 4.98 Å². The maximum absolute atomic E-state index is 16.1. The zero-order chi connectivity index (χ0) is 29.4. The van der Waals surface area contributed by atoms with Crippen LogP contribution in [0.2, 0.25) is 0 Å². The number of pyridine rings is 2. The lowest BCUT2D eigenvalue weighted by Gasteiger charge is -2.07. The number of H-pyrrole nitrogens is 2. The molecular weight excluding hydrogens is 560 g/mol. The Balaban J connectivity index is 1.42. The largest absolute Gasteiger partial charge is 0.336 e. The molecule has 0 unspecified atom stereocenters. The first-order valence-corrected chi connectivity index (χ1v) is 15.4. The van der Waals surface area contributed by atoms with Gasteiger partial charge in [-0.25, -0.2) is 22.2 Å². The van der Waals surface area contributed by atoms with Crippen LogP contribution in [-0.4, -0.2) is 57.1 Å². The van der Waals surface area contributed by atoms with Crippen molar-refractivity contribution >= 4 is 31.8 Å². The number of sulfone groups is 1. The van der Waals surface area contributed by atoms with Crippen molar-refractivity contribution < 1.29 is 17.2 Å². The van der Waals surface area contributed by atoms with Crippen LogP contribution in [0.15, 0.2) is 61.1 Å². The molecule has 0 atom stereocenters. The number of fused-ring (bicyclic) bond motifs is 2. The molecular formula is C30H27F2N7O2S. The molecule has 6 rings (SSSR count). The first kappa shape index (κ1) is 27.6. The van der Waals surface area contributed by atoms with Gasteiger partial charge in [-0.2, -0.15) is 5.10 Å². The van der Waals surface area contributed by atoms with Crippen molar-refractivity contribution in [2.45, 2.75) is 19.9 Å². The van der Waals surface area contributed by atoms with Crippen LogP contribution in [0, 0.1) is 11.6 Å². The molecule has 42 heavy (non-hydrogen) atoms. The molecule has 0 aliphatic heterocycles. The molecule has 12 heteroatoms. The minimum absolute atomic E-state index is 0.101. The van der Waals surface area contributed by atoms with Crippen molar-refractivity contribution in [1.82, 2.24) is 35.5 Å². The van der Waals surface area contributed by atoms with Gasteiger partial charge in [-0.3, -0.25) is 15.1 Å². The first-order valence-electron chi connectivity index (χ1n) is 13.3. The van der Waals surface area contributed by atoms with Crippen molar-refractivity contribution in [3.8, 4) is 33.9 Å². The summed E-state index contributed by atoms with van der Waals surface area (Å²) in [6, 6.07) is 11.4. The molecule has 2 aromatic carbocycles. The molecule has 0 radical (unpaired) electrons. The Morgan fingerprint density at radius 3 is 2.60 bits per heavy atom. The second-order valence-electron chi connectivity index (χ2n) is 10.2. The summed E-state index contributed by atoms with van der Waals surface area (Å²) in [6.07, 6.45) is 6.25. The SMILES string of the molecule is CCNCc1cncc(-c2ccc3[nH]nc(-c4nc5c(-c6cc(F)cc(CCS(C)(=O)=O)c6)nccc5[nH]4)c3c2F)c1. The summed E-state index contributed by atoms with van der Waals surface area (Å²) in [5, 5.41) is 10.8. The number of imidazole rings is 1. The quantitative estimate of drug-likeness (QED) is 0.212. The van der Waals surface area contributed by atoms with Gasteiger partial charge in [0.2, 0.25) is 0 Å². The van der Waals surface area contributed by atoms with Gasteiger partial charge in [-0.05, 0) is 66.6 Å². The van der Waals surface area contributed by atoms with Crippen molar-refractivity contribution in [1.29, 1.82) is 0 Å². The Bertz CT molecular complexity index is 2050. The zero-order valence-electron chi connectivity index (χ0n) is 22.9. The maximum atomic E-state index is 16.1. The van der Waals surface area contributed by atoms with E-state index in [1.807, 2.05) is 13.0 Å². The Morgan fingerprint density at radius 1 is 0.952 bits per heavy atom. The maximum Gasteiger partial charge on any atom is 0.159 e. The summed E-state index contributed by atoms with van der Waals surface area (Å²) in [6.45, 7) is 3.44. The topological polar surface area (TPSA) is 129 Å². The highest BCUT2D eigenvalue weighted by atomic mass is 32.2. The van der Waals surface area contributed by atoms with Crippen molar-refractivity contribution in [3.05, 3.63) is 83.8 Å². The summed E-state index contributed by atoms with van der Waals surface area (Å²) in [4.78, 5) is 16.6. The molecule has 9 nitrogen and oxygen atoms in total. The molecule has 0 aliphatic rings. The minimum Gasteiger partial charge on any atom is -0.336 e. The number of hydrogen-bond donors (Lipinski definition) is 3. The standard InChI is InChI=1S/C30H27F2N7O2S/c1-3-33-14-18-11-20(16-34-15-18)22-4-5-23-25(26(22)32)29(39-38-23)30-36-24-6-8-35-27(28(24)37-30)19-10-17(12-21(31)13-19)7-9-42(2,40)41/h4-6,8,10-13,15-16,33H,3,7,9,14H2,1-2H3,(H,36,37)(H,38,39). The second-order valence-corrected chi connectivity index (χ2v) is 12.4. The third kappa shape index (κ3) is 5.50. The number of nitrogens with zero attached hydrogens (tertiary/aromatic N) is 4. The highest BCUT2D eigenvalue weighted by molar-refractivity contribution is 7.90. The second kappa shape index (κ2) is 11.0. The fraction of sp³-hybridized carbons (Fsp3) is 0.200. The Morgan fingerprint density at radius 2 is 1.79 bits per heavy atom. The van der Waals surface area contributed by atoms with Crippen molar-refractivity contribution in [2.24, 2.45) is 0 Å². The summed E-state index contributed by atoms with van der Waals surface area (Å²) < 4.78 is 54.0. The lowest BCUT2D eigenvalue weighted by atomic mass is 10.0. The molecule has 4 aromatic heterocycles. The number of aromatic nitrogens is 6. The van der Waals surface area contributed by atoms with E-state index < -0.39 is 21.5 Å².